The smallest absolute Gasteiger partial charge is 0.472 e. The zero-order valence-electron chi connectivity index (χ0n) is 39.5. The van der Waals surface area contributed by atoms with E-state index < -0.39 is 51.1 Å². The van der Waals surface area contributed by atoms with E-state index in [1.807, 2.05) is 24.3 Å². The summed E-state index contributed by atoms with van der Waals surface area (Å²) in [6.07, 6.45) is 48.1. The van der Waals surface area contributed by atoms with Crippen molar-refractivity contribution in [2.45, 2.75) is 231 Å². The predicted molar refractivity (Wildman–Crippen MR) is 255 cm³/mol. The number of aliphatic hydroxyl groups is 1. The molecule has 4 atom stereocenters. The van der Waals surface area contributed by atoms with E-state index in [9.17, 15) is 28.9 Å². The van der Waals surface area contributed by atoms with Gasteiger partial charge >= 0.3 is 25.7 Å². The molecule has 366 valence electrons. The molecular weight excluding hydrogens is 822 g/mol. The Morgan fingerprint density at radius 3 is 1.48 bits per heavy atom. The molecule has 0 heterocycles. The summed E-state index contributed by atoms with van der Waals surface area (Å²) in [7, 11) is -4.74. The maximum absolute atomic E-state index is 12.6. The van der Waals surface area contributed by atoms with Gasteiger partial charge in [-0.25, -0.2) is 4.57 Å². The van der Waals surface area contributed by atoms with Gasteiger partial charge in [-0.1, -0.05) is 204 Å². The third-order valence-electron chi connectivity index (χ3n) is 10.7. The Balaban J connectivity index is 4.34. The molecule has 0 fully saturated rings. The second-order valence-corrected chi connectivity index (χ2v) is 18.2. The van der Waals surface area contributed by atoms with Crippen molar-refractivity contribution in [1.82, 2.24) is 0 Å². The topological polar surface area (TPSA) is 192 Å². The van der Waals surface area contributed by atoms with Gasteiger partial charge in [-0.15, -0.1) is 0 Å². The highest BCUT2D eigenvalue weighted by Crippen LogP contribution is 2.43. The summed E-state index contributed by atoms with van der Waals surface area (Å²) in [6, 6.07) is -1.54. The molecule has 0 spiro atoms. The van der Waals surface area contributed by atoms with E-state index >= 15 is 0 Å². The number of aliphatic carboxylic acids is 1. The van der Waals surface area contributed by atoms with Gasteiger partial charge in [-0.3, -0.25) is 23.4 Å². The first-order valence-corrected chi connectivity index (χ1v) is 26.2. The number of phosphoric ester groups is 1. The quantitative estimate of drug-likeness (QED) is 0.0196. The van der Waals surface area contributed by atoms with Gasteiger partial charge in [0.05, 0.1) is 19.3 Å². The lowest BCUT2D eigenvalue weighted by Crippen LogP contribution is -2.34. The fourth-order valence-corrected chi connectivity index (χ4v) is 7.50. The lowest BCUT2D eigenvalue weighted by Gasteiger charge is -2.20. The van der Waals surface area contributed by atoms with Gasteiger partial charge in [0.15, 0.2) is 6.10 Å². The van der Waals surface area contributed by atoms with Gasteiger partial charge < -0.3 is 30.3 Å². The van der Waals surface area contributed by atoms with Crippen LogP contribution in [0.5, 0.6) is 0 Å². The largest absolute Gasteiger partial charge is 0.480 e. The number of unbranched alkanes of at least 4 members (excludes halogenated alkanes) is 22. The SMILES string of the molecule is CCCCCCCCCCCCCCCCCCCCCCCC(=O)OC[C@H](COP(=O)(O)OC[C@H](N)C(=O)O)OC(=O)CCC/C=C\C/C=C\C/C=C\C/C=C\[C@H](O)CCCC. The molecule has 0 aromatic carbocycles. The van der Waals surface area contributed by atoms with E-state index in [0.717, 1.165) is 57.8 Å². The predicted octanol–water partition coefficient (Wildman–Crippen LogP) is 12.7. The molecule has 0 saturated carbocycles. The first kappa shape index (κ1) is 60.4. The van der Waals surface area contributed by atoms with E-state index in [2.05, 4.69) is 42.7 Å². The Bertz CT molecular complexity index is 1270. The molecule has 1 unspecified atom stereocenters. The lowest BCUT2D eigenvalue weighted by atomic mass is 10.0. The van der Waals surface area contributed by atoms with E-state index in [1.54, 1.807) is 0 Å². The first-order valence-electron chi connectivity index (χ1n) is 24.8. The van der Waals surface area contributed by atoms with Crippen molar-refractivity contribution in [3.8, 4) is 0 Å². The van der Waals surface area contributed by atoms with Crippen LogP contribution in [0.2, 0.25) is 0 Å². The standard InChI is InChI=1S/C50H90NO11P/c1-3-5-7-8-9-10-11-12-13-14-15-16-17-18-19-20-24-27-30-33-36-40-48(53)59-42-46(43-60-63(57,58)61-44-47(51)50(55)56)62-49(54)41-37-34-31-28-25-22-21-23-26-29-32-35-39-45(52)38-6-4-2/h21-22,26,28-29,31,35,39,45-47,52H,3-20,23-25,27,30,32-34,36-38,40-44,51H2,1-2H3,(H,55,56)(H,57,58)/b22-21-,29-26-,31-28-,39-35-/t45-,46-,47+/m1/s1. The summed E-state index contributed by atoms with van der Waals surface area (Å²) < 4.78 is 32.7. The highest BCUT2D eigenvalue weighted by atomic mass is 31.2. The molecule has 0 bridgehead atoms. The maximum atomic E-state index is 12.6. The molecule has 12 nitrogen and oxygen atoms in total. The number of esters is 2. The van der Waals surface area contributed by atoms with Crippen LogP contribution in [0.1, 0.15) is 213 Å². The minimum atomic E-state index is -4.74. The Kier molecular flexibility index (Phi) is 42.8. The van der Waals surface area contributed by atoms with Crippen LogP contribution < -0.4 is 5.73 Å². The molecule has 0 aromatic heterocycles. The van der Waals surface area contributed by atoms with Gasteiger partial charge in [0.2, 0.25) is 0 Å². The van der Waals surface area contributed by atoms with E-state index in [4.69, 9.17) is 24.8 Å². The minimum absolute atomic E-state index is 0.0691. The van der Waals surface area contributed by atoms with Crippen LogP contribution in [0.15, 0.2) is 48.6 Å². The number of carbonyl (C=O) groups excluding carboxylic acids is 2. The number of carbonyl (C=O) groups is 3. The van der Waals surface area contributed by atoms with Crippen LogP contribution in [0.3, 0.4) is 0 Å². The average Bonchev–Trinajstić information content (AvgIpc) is 3.26. The van der Waals surface area contributed by atoms with E-state index in [1.165, 1.54) is 109 Å². The number of nitrogens with two attached hydrogens (primary N) is 1. The van der Waals surface area contributed by atoms with Crippen LogP contribution in [-0.4, -0.2) is 71.1 Å². The number of carboxylic acid groups (broad SMARTS) is 1. The molecule has 63 heavy (non-hydrogen) atoms. The minimum Gasteiger partial charge on any atom is -0.480 e. The van der Waals surface area contributed by atoms with Gasteiger partial charge in [-0.2, -0.15) is 0 Å². The maximum Gasteiger partial charge on any atom is 0.472 e. The number of hydrogen-bond acceptors (Lipinski definition) is 10. The molecule has 0 aliphatic carbocycles. The number of aliphatic hydroxyl groups excluding tert-OH is 1. The molecule has 0 saturated heterocycles. The molecule has 0 aromatic rings. The normalized spacial score (nSPS) is 14.5. The monoisotopic (exact) mass is 912 g/mol. The molecular formula is C50H90NO11P. The molecule has 0 radical (unpaired) electrons. The summed E-state index contributed by atoms with van der Waals surface area (Å²) in [5.41, 5.74) is 5.34. The molecule has 5 N–H and O–H groups in total. The summed E-state index contributed by atoms with van der Waals surface area (Å²) in [4.78, 5) is 46.1. The summed E-state index contributed by atoms with van der Waals surface area (Å²) in [5, 5.41) is 18.7. The van der Waals surface area contributed by atoms with Crippen LogP contribution >= 0.6 is 7.82 Å². The van der Waals surface area contributed by atoms with Crippen molar-refractivity contribution in [3.63, 3.8) is 0 Å². The van der Waals surface area contributed by atoms with E-state index in [-0.39, 0.29) is 25.6 Å². The molecule has 0 rings (SSSR count). The number of carboxylic acids is 1. The van der Waals surface area contributed by atoms with Crippen LogP contribution in [-0.2, 0) is 37.5 Å². The van der Waals surface area contributed by atoms with Crippen molar-refractivity contribution in [2.75, 3.05) is 19.8 Å². The summed E-state index contributed by atoms with van der Waals surface area (Å²) in [6.45, 7) is 2.61. The third kappa shape index (κ3) is 44.4. The van der Waals surface area contributed by atoms with E-state index in [0.29, 0.717) is 19.3 Å². The Hall–Kier alpha value is -2.60. The van der Waals surface area contributed by atoms with Crippen LogP contribution in [0, 0.1) is 0 Å². The molecule has 0 amide bonds. The number of rotatable bonds is 46. The second-order valence-electron chi connectivity index (χ2n) is 16.8. The van der Waals surface area contributed by atoms with Crippen molar-refractivity contribution in [1.29, 1.82) is 0 Å². The number of allylic oxidation sites excluding steroid dienone is 7. The highest BCUT2D eigenvalue weighted by Gasteiger charge is 2.28. The number of ether oxygens (including phenoxy) is 2. The summed E-state index contributed by atoms with van der Waals surface area (Å²) in [5.74, 6) is -2.47. The fraction of sp³-hybridized carbons (Fsp3) is 0.780. The van der Waals surface area contributed by atoms with Gasteiger partial charge in [0.1, 0.15) is 12.6 Å². The van der Waals surface area contributed by atoms with Crippen LogP contribution in [0.4, 0.5) is 0 Å². The number of phosphoric acid groups is 1. The zero-order valence-corrected chi connectivity index (χ0v) is 40.4. The van der Waals surface area contributed by atoms with Crippen molar-refractivity contribution >= 4 is 25.7 Å². The van der Waals surface area contributed by atoms with Gasteiger partial charge in [0, 0.05) is 12.8 Å². The third-order valence-corrected chi connectivity index (χ3v) is 11.6. The lowest BCUT2D eigenvalue weighted by molar-refractivity contribution is -0.161. The average molecular weight is 912 g/mol. The zero-order chi connectivity index (χ0) is 46.5. The Morgan fingerprint density at radius 1 is 0.556 bits per heavy atom. The fourth-order valence-electron chi connectivity index (χ4n) is 6.72. The van der Waals surface area contributed by atoms with Crippen molar-refractivity contribution in [3.05, 3.63) is 48.6 Å². The van der Waals surface area contributed by atoms with Crippen LogP contribution in [0.25, 0.3) is 0 Å². The first-order chi connectivity index (χ1) is 30.5. The summed E-state index contributed by atoms with van der Waals surface area (Å²) >= 11 is 0. The van der Waals surface area contributed by atoms with Crippen molar-refractivity contribution in [2.24, 2.45) is 5.73 Å². The Morgan fingerprint density at radius 2 is 0.984 bits per heavy atom. The number of hydrogen-bond donors (Lipinski definition) is 4. The Labute approximate surface area is 382 Å². The molecule has 0 aliphatic heterocycles. The highest BCUT2D eigenvalue weighted by molar-refractivity contribution is 7.47. The van der Waals surface area contributed by atoms with Gasteiger partial charge in [0.25, 0.3) is 0 Å². The molecule has 13 heteroatoms. The molecule has 0 aliphatic rings. The van der Waals surface area contributed by atoms with Gasteiger partial charge in [-0.05, 0) is 44.9 Å². The second kappa shape index (κ2) is 44.6. The van der Waals surface area contributed by atoms with Crippen molar-refractivity contribution < 1.29 is 52.6 Å².